The molecule has 1 aliphatic heterocycles. The van der Waals surface area contributed by atoms with Gasteiger partial charge in [-0.25, -0.2) is 19.2 Å². The zero-order valence-corrected chi connectivity index (χ0v) is 26.5. The van der Waals surface area contributed by atoms with Crippen LogP contribution in [0.4, 0.5) is 14.9 Å². The van der Waals surface area contributed by atoms with Crippen LogP contribution in [0.3, 0.4) is 0 Å². The number of hydrogen-bond donors (Lipinski definition) is 2. The van der Waals surface area contributed by atoms with Crippen LogP contribution in [0.2, 0.25) is 0 Å². The first-order valence-electron chi connectivity index (χ1n) is 15.4. The van der Waals surface area contributed by atoms with E-state index in [0.717, 1.165) is 27.6 Å². The van der Waals surface area contributed by atoms with Crippen LogP contribution in [0.1, 0.15) is 16.7 Å². The van der Waals surface area contributed by atoms with Gasteiger partial charge in [-0.1, -0.05) is 66.7 Å². The molecule has 0 aromatic heterocycles. The maximum atomic E-state index is 14.2. The van der Waals surface area contributed by atoms with Gasteiger partial charge in [-0.05, 0) is 51.7 Å². The summed E-state index contributed by atoms with van der Waals surface area (Å²) in [6, 6.07) is 28.0. The average Bonchev–Trinajstić information content (AvgIpc) is 3.12. The normalized spacial score (nSPS) is 15.6. The van der Waals surface area contributed by atoms with Crippen molar-refractivity contribution in [3.8, 4) is 6.07 Å². The first-order chi connectivity index (χ1) is 22.7. The van der Waals surface area contributed by atoms with E-state index in [2.05, 4.69) is 10.6 Å². The fraction of sp³-hybridized carbons (Fsp3) is 0.278. The van der Waals surface area contributed by atoms with Gasteiger partial charge in [0.05, 0.1) is 12.6 Å². The molecule has 1 heterocycles. The van der Waals surface area contributed by atoms with E-state index in [1.54, 1.807) is 17.0 Å². The van der Waals surface area contributed by atoms with Gasteiger partial charge in [0.2, 0.25) is 11.8 Å². The highest BCUT2D eigenvalue weighted by Crippen LogP contribution is 2.22. The Morgan fingerprint density at radius 2 is 1.66 bits per heavy atom. The van der Waals surface area contributed by atoms with Crippen LogP contribution in [0.15, 0.2) is 91.0 Å². The largest absolute Gasteiger partial charge is 0.378 e. The van der Waals surface area contributed by atoms with E-state index in [-0.39, 0.29) is 57.4 Å². The maximum Gasteiger partial charge on any atom is 0.333 e. The first-order valence-corrected chi connectivity index (χ1v) is 15.4. The molecule has 4 amide bonds. The highest BCUT2D eigenvalue weighted by atomic mass is 19.1. The second kappa shape index (κ2) is 15.2. The molecule has 1 fully saturated rings. The number of carbonyl (C=O) groups excluding carboxylic acids is 3. The number of hydrogen-bond acceptors (Lipinski definition) is 6. The van der Waals surface area contributed by atoms with Gasteiger partial charge >= 0.3 is 6.03 Å². The molecule has 1 aliphatic rings. The van der Waals surface area contributed by atoms with Gasteiger partial charge in [0.1, 0.15) is 18.4 Å². The monoisotopic (exact) mass is 635 g/mol. The van der Waals surface area contributed by atoms with Gasteiger partial charge in [-0.2, -0.15) is 5.26 Å². The number of hydrazine groups is 1. The Hall–Kier alpha value is -5.47. The SMILES string of the molecule is CN(C)c1ccc(C[C@@H]2NC(=O)CN(N(CC#N)C(=O)NCc3ccc(F)cc3)CCN(Cc3cccc4ccccc34)C2=O)cc1. The number of anilines is 1. The molecular weight excluding hydrogens is 597 g/mol. The highest BCUT2D eigenvalue weighted by Gasteiger charge is 2.32. The molecule has 0 radical (unpaired) electrons. The van der Waals surface area contributed by atoms with Crippen LogP contribution >= 0.6 is 0 Å². The van der Waals surface area contributed by atoms with E-state index >= 15 is 0 Å². The van der Waals surface area contributed by atoms with E-state index in [4.69, 9.17) is 0 Å². The van der Waals surface area contributed by atoms with Crippen molar-refractivity contribution in [2.45, 2.75) is 25.6 Å². The molecule has 242 valence electrons. The molecule has 1 saturated heterocycles. The van der Waals surface area contributed by atoms with Crippen molar-refractivity contribution in [3.05, 3.63) is 114 Å². The summed E-state index contributed by atoms with van der Waals surface area (Å²) in [5.41, 5.74) is 3.53. The van der Waals surface area contributed by atoms with Crippen molar-refractivity contribution < 1.29 is 18.8 Å². The van der Waals surface area contributed by atoms with E-state index in [0.29, 0.717) is 5.56 Å². The van der Waals surface area contributed by atoms with E-state index in [1.165, 1.54) is 22.2 Å². The molecule has 4 aromatic rings. The zero-order valence-electron chi connectivity index (χ0n) is 26.5. The average molecular weight is 636 g/mol. The summed E-state index contributed by atoms with van der Waals surface area (Å²) in [6.07, 6.45) is 0.282. The summed E-state index contributed by atoms with van der Waals surface area (Å²) in [5, 5.41) is 20.0. The molecule has 11 heteroatoms. The molecule has 0 spiro atoms. The predicted molar refractivity (Wildman–Crippen MR) is 178 cm³/mol. The van der Waals surface area contributed by atoms with Gasteiger partial charge in [-0.3, -0.25) is 9.59 Å². The lowest BCUT2D eigenvalue weighted by Crippen LogP contribution is -2.55. The van der Waals surface area contributed by atoms with Crippen molar-refractivity contribution in [1.29, 1.82) is 5.26 Å². The summed E-state index contributed by atoms with van der Waals surface area (Å²) in [6.45, 7) is 0.148. The maximum absolute atomic E-state index is 14.2. The Bertz CT molecular complexity index is 1750. The molecule has 0 unspecified atom stereocenters. The van der Waals surface area contributed by atoms with Crippen LogP contribution < -0.4 is 15.5 Å². The van der Waals surface area contributed by atoms with E-state index in [1.807, 2.05) is 91.8 Å². The lowest BCUT2D eigenvalue weighted by molar-refractivity contribution is -0.136. The highest BCUT2D eigenvalue weighted by molar-refractivity contribution is 5.90. The standard InChI is InChI=1S/C36H38FN7O3/c1-41(2)31-16-12-26(13-17-31)22-33-35(46)42(24-29-8-5-7-28-6-3-4-9-32(28)29)20-21-43(25-34(45)40-33)44(19-18-38)36(47)39-23-27-10-14-30(37)15-11-27/h3-17,33H,19-25H2,1-2H3,(H,39,47)(H,40,45)/t33-/m0/s1. The Labute approximate surface area is 273 Å². The molecule has 0 aliphatic carbocycles. The number of fused-ring (bicyclic) bond motifs is 1. The fourth-order valence-corrected chi connectivity index (χ4v) is 5.65. The quantitative estimate of drug-likeness (QED) is 0.269. The van der Waals surface area contributed by atoms with Crippen molar-refractivity contribution in [1.82, 2.24) is 25.6 Å². The summed E-state index contributed by atoms with van der Waals surface area (Å²) >= 11 is 0. The summed E-state index contributed by atoms with van der Waals surface area (Å²) in [4.78, 5) is 44.8. The van der Waals surface area contributed by atoms with Crippen molar-refractivity contribution in [2.75, 3.05) is 45.2 Å². The van der Waals surface area contributed by atoms with E-state index < -0.39 is 18.0 Å². The number of nitrogens with one attached hydrogen (secondary N) is 2. The molecule has 0 bridgehead atoms. The zero-order chi connectivity index (χ0) is 33.3. The predicted octanol–water partition coefficient (Wildman–Crippen LogP) is 4.07. The molecule has 10 nitrogen and oxygen atoms in total. The number of urea groups is 1. The third-order valence-electron chi connectivity index (χ3n) is 8.19. The fourth-order valence-electron chi connectivity index (χ4n) is 5.65. The number of nitriles is 1. The van der Waals surface area contributed by atoms with Crippen LogP contribution in [-0.2, 0) is 29.1 Å². The van der Waals surface area contributed by atoms with Gasteiger partial charge in [-0.15, -0.1) is 0 Å². The summed E-state index contributed by atoms with van der Waals surface area (Å²) in [5.74, 6) is -1.08. The first kappa shape index (κ1) is 32.9. The number of carbonyl (C=O) groups is 3. The van der Waals surface area contributed by atoms with Crippen LogP contribution in [0, 0.1) is 17.1 Å². The Morgan fingerprint density at radius 3 is 2.38 bits per heavy atom. The molecular formula is C36H38FN7O3. The Balaban J connectivity index is 1.42. The summed E-state index contributed by atoms with van der Waals surface area (Å²) in [7, 11) is 3.90. The Kier molecular flexibility index (Phi) is 10.6. The van der Waals surface area contributed by atoms with Crippen molar-refractivity contribution in [3.63, 3.8) is 0 Å². The second-order valence-corrected chi connectivity index (χ2v) is 11.7. The minimum atomic E-state index is -0.848. The topological polar surface area (TPSA) is 112 Å². The number of nitrogens with zero attached hydrogens (tertiary/aromatic N) is 5. The van der Waals surface area contributed by atoms with Crippen LogP contribution in [0.5, 0.6) is 0 Å². The molecule has 5 rings (SSSR count). The Morgan fingerprint density at radius 1 is 0.957 bits per heavy atom. The van der Waals surface area contributed by atoms with E-state index in [9.17, 15) is 24.0 Å². The van der Waals surface area contributed by atoms with Gasteiger partial charge in [0, 0.05) is 52.4 Å². The van der Waals surface area contributed by atoms with Crippen molar-refractivity contribution >= 4 is 34.3 Å². The molecule has 47 heavy (non-hydrogen) atoms. The third kappa shape index (κ3) is 8.42. The number of rotatable bonds is 9. The minimum absolute atomic E-state index is 0.0987. The molecule has 0 saturated carbocycles. The van der Waals surface area contributed by atoms with Crippen LogP contribution in [0.25, 0.3) is 10.8 Å². The number of benzene rings is 4. The molecule has 1 atom stereocenters. The lowest BCUT2D eigenvalue weighted by Gasteiger charge is -2.33. The third-order valence-corrected chi connectivity index (χ3v) is 8.19. The van der Waals surface area contributed by atoms with Gasteiger partial charge < -0.3 is 20.4 Å². The number of amides is 4. The smallest absolute Gasteiger partial charge is 0.333 e. The summed E-state index contributed by atoms with van der Waals surface area (Å²) < 4.78 is 13.4. The second-order valence-electron chi connectivity index (χ2n) is 11.7. The molecule has 2 N–H and O–H groups in total. The number of halogens is 1. The minimum Gasteiger partial charge on any atom is -0.378 e. The lowest BCUT2D eigenvalue weighted by atomic mass is 10.0. The molecule has 4 aromatic carbocycles. The van der Waals surface area contributed by atoms with Crippen molar-refractivity contribution in [2.24, 2.45) is 0 Å². The van der Waals surface area contributed by atoms with Crippen LogP contribution in [-0.4, -0.2) is 79.1 Å². The van der Waals surface area contributed by atoms with Gasteiger partial charge in [0.25, 0.3) is 0 Å². The van der Waals surface area contributed by atoms with Gasteiger partial charge in [0.15, 0.2) is 0 Å².